The molecule has 1 N–H and O–H groups in total. The molecule has 0 radical (unpaired) electrons. The molecule has 0 aliphatic carbocycles. The third kappa shape index (κ3) is 3.40. The minimum absolute atomic E-state index is 0.228. The third-order valence-electron chi connectivity index (χ3n) is 3.00. The van der Waals surface area contributed by atoms with E-state index in [1.54, 1.807) is 29.1 Å². The van der Waals surface area contributed by atoms with Crippen LogP contribution < -0.4 is 5.32 Å². The van der Waals surface area contributed by atoms with Crippen LogP contribution in [-0.4, -0.2) is 15.7 Å². The number of rotatable bonds is 4. The Hall–Kier alpha value is -2.05. The number of anilines is 1. The van der Waals surface area contributed by atoms with E-state index in [0.29, 0.717) is 22.1 Å². The molecule has 0 aliphatic rings. The van der Waals surface area contributed by atoms with E-state index in [1.807, 2.05) is 24.3 Å². The average Bonchev–Trinajstić information content (AvgIpc) is 3.11. The molecule has 0 fully saturated rings. The molecule has 0 saturated carbocycles. The summed E-state index contributed by atoms with van der Waals surface area (Å²) in [7, 11) is 0. The first-order chi connectivity index (χ1) is 10.6. The quantitative estimate of drug-likeness (QED) is 0.738. The molecule has 0 bridgehead atoms. The number of carbonyl (C=O) groups excluding carboxylic acids is 1. The third-order valence-corrected chi connectivity index (χ3v) is 3.68. The molecule has 0 spiro atoms. The fourth-order valence-corrected chi connectivity index (χ4v) is 2.37. The normalized spacial score (nSPS) is 10.6. The number of aromatic nitrogens is 2. The van der Waals surface area contributed by atoms with Crippen molar-refractivity contribution in [3.63, 3.8) is 0 Å². The number of nitrogens with one attached hydrogen (secondary N) is 1. The summed E-state index contributed by atoms with van der Waals surface area (Å²) in [4.78, 5) is 12.1. The molecular formula is C15H11BrClN3O2. The highest BCUT2D eigenvalue weighted by Gasteiger charge is 2.13. The minimum atomic E-state index is -0.330. The number of benzene rings is 1. The highest BCUT2D eigenvalue weighted by molar-refractivity contribution is 9.10. The number of amides is 1. The van der Waals surface area contributed by atoms with E-state index < -0.39 is 0 Å². The van der Waals surface area contributed by atoms with Crippen LogP contribution in [0.1, 0.15) is 16.1 Å². The first-order valence-corrected chi connectivity index (χ1v) is 7.62. The number of hydrogen-bond donors (Lipinski definition) is 1. The zero-order chi connectivity index (χ0) is 15.5. The summed E-state index contributed by atoms with van der Waals surface area (Å²) in [5, 5.41) is 7.67. The second-order valence-corrected chi connectivity index (χ2v) is 5.78. The maximum absolute atomic E-state index is 12.1. The van der Waals surface area contributed by atoms with E-state index in [0.717, 1.165) is 5.56 Å². The molecule has 2 heterocycles. The summed E-state index contributed by atoms with van der Waals surface area (Å²) < 4.78 is 7.43. The number of furan rings is 1. The smallest absolute Gasteiger partial charge is 0.292 e. The van der Waals surface area contributed by atoms with E-state index in [4.69, 9.17) is 16.0 Å². The molecule has 7 heteroatoms. The van der Waals surface area contributed by atoms with Gasteiger partial charge in [-0.2, -0.15) is 5.10 Å². The molecule has 0 unspecified atom stereocenters. The van der Waals surface area contributed by atoms with Gasteiger partial charge in [-0.15, -0.1) is 0 Å². The molecule has 112 valence electrons. The Morgan fingerprint density at radius 3 is 2.68 bits per heavy atom. The average molecular weight is 381 g/mol. The maximum Gasteiger partial charge on any atom is 0.292 e. The van der Waals surface area contributed by atoms with Crippen molar-refractivity contribution >= 4 is 39.3 Å². The molecule has 5 nitrogen and oxygen atoms in total. The highest BCUT2D eigenvalue weighted by Crippen LogP contribution is 2.17. The van der Waals surface area contributed by atoms with Gasteiger partial charge >= 0.3 is 0 Å². The van der Waals surface area contributed by atoms with Crippen molar-refractivity contribution in [2.24, 2.45) is 0 Å². The van der Waals surface area contributed by atoms with Crippen LogP contribution in [0.5, 0.6) is 0 Å². The molecule has 2 aromatic heterocycles. The van der Waals surface area contributed by atoms with Gasteiger partial charge in [0.15, 0.2) is 10.4 Å². The van der Waals surface area contributed by atoms with Crippen molar-refractivity contribution in [1.29, 1.82) is 0 Å². The number of carbonyl (C=O) groups is 1. The second kappa shape index (κ2) is 6.37. The van der Waals surface area contributed by atoms with Crippen molar-refractivity contribution in [3.8, 4) is 0 Å². The molecule has 3 aromatic rings. The minimum Gasteiger partial charge on any atom is -0.444 e. The number of hydrogen-bond acceptors (Lipinski definition) is 3. The van der Waals surface area contributed by atoms with Crippen LogP contribution in [0.2, 0.25) is 5.02 Å². The monoisotopic (exact) mass is 379 g/mol. The predicted octanol–water partition coefficient (Wildman–Crippen LogP) is 4.19. The van der Waals surface area contributed by atoms with Crippen LogP contribution in [0, 0.1) is 0 Å². The number of halogens is 2. The standard InChI is InChI=1S/C15H11BrClN3O2/c16-13-6-5-12(22-13)15(21)19-14-7-8-18-20(14)9-10-1-3-11(17)4-2-10/h1-8H,9H2,(H,19,21). The summed E-state index contributed by atoms with van der Waals surface area (Å²) >= 11 is 9.04. The molecular weight excluding hydrogens is 370 g/mol. The van der Waals surface area contributed by atoms with E-state index >= 15 is 0 Å². The Bertz CT molecular complexity index is 795. The lowest BCUT2D eigenvalue weighted by Crippen LogP contribution is -2.15. The van der Waals surface area contributed by atoms with Crippen molar-refractivity contribution in [1.82, 2.24) is 9.78 Å². The van der Waals surface area contributed by atoms with Gasteiger partial charge in [-0.05, 0) is 45.8 Å². The summed E-state index contributed by atoms with van der Waals surface area (Å²) in [6.07, 6.45) is 1.63. The Labute approximate surface area is 140 Å². The fourth-order valence-electron chi connectivity index (χ4n) is 1.94. The molecule has 22 heavy (non-hydrogen) atoms. The first-order valence-electron chi connectivity index (χ1n) is 6.45. The Kier molecular flexibility index (Phi) is 4.31. The summed E-state index contributed by atoms with van der Waals surface area (Å²) in [5.74, 6) is 0.488. The zero-order valence-electron chi connectivity index (χ0n) is 11.3. The van der Waals surface area contributed by atoms with Crippen LogP contribution in [0.3, 0.4) is 0 Å². The molecule has 0 atom stereocenters. The maximum atomic E-state index is 12.1. The van der Waals surface area contributed by atoms with Gasteiger partial charge in [0.25, 0.3) is 5.91 Å². The summed E-state index contributed by atoms with van der Waals surface area (Å²) in [6, 6.07) is 12.5. The summed E-state index contributed by atoms with van der Waals surface area (Å²) in [6.45, 7) is 0.529. The van der Waals surface area contributed by atoms with Crippen molar-refractivity contribution in [3.05, 3.63) is 69.7 Å². The fraction of sp³-hybridized carbons (Fsp3) is 0.0667. The van der Waals surface area contributed by atoms with Crippen molar-refractivity contribution < 1.29 is 9.21 Å². The van der Waals surface area contributed by atoms with Gasteiger partial charge in [0.2, 0.25) is 0 Å². The summed E-state index contributed by atoms with van der Waals surface area (Å²) in [5.41, 5.74) is 1.03. The molecule has 1 aromatic carbocycles. The lowest BCUT2D eigenvalue weighted by atomic mass is 10.2. The van der Waals surface area contributed by atoms with Crippen LogP contribution >= 0.6 is 27.5 Å². The van der Waals surface area contributed by atoms with Crippen LogP contribution in [0.25, 0.3) is 0 Å². The Morgan fingerprint density at radius 2 is 2.00 bits per heavy atom. The highest BCUT2D eigenvalue weighted by atomic mass is 79.9. The van der Waals surface area contributed by atoms with Crippen LogP contribution in [0.4, 0.5) is 5.82 Å². The van der Waals surface area contributed by atoms with Gasteiger partial charge in [0.1, 0.15) is 5.82 Å². The van der Waals surface area contributed by atoms with E-state index in [9.17, 15) is 4.79 Å². The lowest BCUT2D eigenvalue weighted by Gasteiger charge is -2.08. The first kappa shape index (κ1) is 14.9. The van der Waals surface area contributed by atoms with Crippen molar-refractivity contribution in [2.75, 3.05) is 5.32 Å². The molecule has 0 saturated heterocycles. The van der Waals surface area contributed by atoms with E-state index in [2.05, 4.69) is 26.3 Å². The van der Waals surface area contributed by atoms with E-state index in [-0.39, 0.29) is 11.7 Å². The van der Waals surface area contributed by atoms with Gasteiger partial charge in [-0.25, -0.2) is 4.68 Å². The number of nitrogens with zero attached hydrogens (tertiary/aromatic N) is 2. The molecule has 3 rings (SSSR count). The van der Waals surface area contributed by atoms with Gasteiger partial charge in [-0.3, -0.25) is 4.79 Å². The lowest BCUT2D eigenvalue weighted by molar-refractivity contribution is 0.0994. The van der Waals surface area contributed by atoms with Gasteiger partial charge in [-0.1, -0.05) is 23.7 Å². The van der Waals surface area contributed by atoms with Crippen LogP contribution in [-0.2, 0) is 6.54 Å². The van der Waals surface area contributed by atoms with Gasteiger partial charge in [0, 0.05) is 11.1 Å². The second-order valence-electron chi connectivity index (χ2n) is 4.56. The Morgan fingerprint density at radius 1 is 1.23 bits per heavy atom. The largest absolute Gasteiger partial charge is 0.444 e. The Balaban J connectivity index is 1.74. The molecule has 1 amide bonds. The van der Waals surface area contributed by atoms with Crippen molar-refractivity contribution in [2.45, 2.75) is 6.54 Å². The van der Waals surface area contributed by atoms with Crippen LogP contribution in [0.15, 0.2) is 57.7 Å². The SMILES string of the molecule is O=C(Nc1ccnn1Cc1ccc(Cl)cc1)c1ccc(Br)o1. The topological polar surface area (TPSA) is 60.1 Å². The molecule has 0 aliphatic heterocycles. The zero-order valence-corrected chi connectivity index (χ0v) is 13.6. The predicted molar refractivity (Wildman–Crippen MR) is 87.1 cm³/mol. The van der Waals surface area contributed by atoms with Gasteiger partial charge < -0.3 is 9.73 Å². The van der Waals surface area contributed by atoms with E-state index in [1.165, 1.54) is 0 Å². The van der Waals surface area contributed by atoms with Gasteiger partial charge in [0.05, 0.1) is 12.7 Å².